The second-order valence-corrected chi connectivity index (χ2v) is 10.2. The van der Waals surface area contributed by atoms with Crippen molar-refractivity contribution in [3.05, 3.63) is 53.1 Å². The minimum Gasteiger partial charge on any atom is -0.493 e. The molecule has 2 aromatic carbocycles. The third-order valence-electron chi connectivity index (χ3n) is 7.67. The van der Waals surface area contributed by atoms with Gasteiger partial charge in [0.25, 0.3) is 0 Å². The molecule has 3 N–H and O–H groups in total. The maximum absolute atomic E-state index is 14.1. The Bertz CT molecular complexity index is 1340. The minimum absolute atomic E-state index is 0.0917. The molecule has 4 rings (SSSR count). The Balaban J connectivity index is 0.000000646. The molecule has 8 nitrogen and oxygen atoms in total. The standard InChI is InChI=1S/C25H28F5N3O3.C2HF3O2/c1-33-9-8-24(14-4-5-20(35-2)21(10-14)36-3)7-6-15(11-22(24)33)31-23(34)32-19-12-16(25(28,29)30)17(26)13-18(19)27;3-2(4,5)1(6)7/h4-5,10,12-13,15,22H,6-9,11H2,1-3H3,(H2,31,32,34);(H,6,7)/t15-,22+,24+;/m1./s1. The molecule has 1 aliphatic carbocycles. The fourth-order valence-electron chi connectivity index (χ4n) is 5.60. The topological polar surface area (TPSA) is 100 Å². The lowest BCUT2D eigenvalue weighted by molar-refractivity contribution is -0.192. The first-order valence-electron chi connectivity index (χ1n) is 12.8. The largest absolute Gasteiger partial charge is 0.493 e. The van der Waals surface area contributed by atoms with E-state index < -0.39 is 47.2 Å². The number of nitrogens with zero attached hydrogens (tertiary/aromatic N) is 1. The lowest BCUT2D eigenvalue weighted by atomic mass is 9.65. The maximum Gasteiger partial charge on any atom is 0.490 e. The third-order valence-corrected chi connectivity index (χ3v) is 7.67. The highest BCUT2D eigenvalue weighted by Gasteiger charge is 2.50. The van der Waals surface area contributed by atoms with Crippen molar-refractivity contribution in [1.82, 2.24) is 10.2 Å². The molecule has 0 bridgehead atoms. The Labute approximate surface area is 240 Å². The van der Waals surface area contributed by atoms with E-state index in [9.17, 15) is 39.9 Å². The van der Waals surface area contributed by atoms with E-state index >= 15 is 0 Å². The quantitative estimate of drug-likeness (QED) is 0.355. The van der Waals surface area contributed by atoms with Crippen LogP contribution in [0.4, 0.5) is 45.6 Å². The summed E-state index contributed by atoms with van der Waals surface area (Å²) in [5.41, 5.74) is -1.43. The molecule has 1 aliphatic heterocycles. The van der Waals surface area contributed by atoms with Gasteiger partial charge in [0.15, 0.2) is 11.5 Å². The second kappa shape index (κ2) is 12.8. The van der Waals surface area contributed by atoms with Crippen LogP contribution in [0, 0.1) is 11.6 Å². The predicted molar refractivity (Wildman–Crippen MR) is 137 cm³/mol. The normalized spacial score (nSPS) is 22.1. The van der Waals surface area contributed by atoms with Crippen molar-refractivity contribution < 1.29 is 59.3 Å². The molecule has 0 spiro atoms. The highest BCUT2D eigenvalue weighted by atomic mass is 19.4. The van der Waals surface area contributed by atoms with Crippen molar-refractivity contribution in [2.24, 2.45) is 0 Å². The highest BCUT2D eigenvalue weighted by molar-refractivity contribution is 5.89. The number of hydrogen-bond acceptors (Lipinski definition) is 5. The zero-order valence-corrected chi connectivity index (χ0v) is 23.1. The third kappa shape index (κ3) is 7.58. The van der Waals surface area contributed by atoms with E-state index in [1.807, 2.05) is 25.2 Å². The Morgan fingerprint density at radius 1 is 0.977 bits per heavy atom. The first-order chi connectivity index (χ1) is 19.9. The Kier molecular flexibility index (Phi) is 10.0. The van der Waals surface area contributed by atoms with E-state index in [0.29, 0.717) is 24.3 Å². The number of carbonyl (C=O) groups is 2. The first kappa shape index (κ1) is 33.7. The van der Waals surface area contributed by atoms with Crippen LogP contribution < -0.4 is 20.1 Å². The van der Waals surface area contributed by atoms with Crippen LogP contribution >= 0.6 is 0 Å². The van der Waals surface area contributed by atoms with E-state index in [1.54, 1.807) is 14.2 Å². The summed E-state index contributed by atoms with van der Waals surface area (Å²) < 4.78 is 109. The highest BCUT2D eigenvalue weighted by Crippen LogP contribution is 2.50. The Morgan fingerprint density at radius 3 is 2.16 bits per heavy atom. The molecule has 2 aliphatic rings. The first-order valence-corrected chi connectivity index (χ1v) is 12.8. The molecular weight excluding hydrogens is 598 g/mol. The van der Waals surface area contributed by atoms with E-state index in [4.69, 9.17) is 19.4 Å². The molecule has 238 valence electrons. The number of alkyl halides is 6. The summed E-state index contributed by atoms with van der Waals surface area (Å²) in [6.07, 6.45) is -7.21. The number of carbonyl (C=O) groups excluding carboxylic acids is 1. The number of halogens is 8. The molecule has 0 unspecified atom stereocenters. The molecule has 2 aromatic rings. The zero-order chi connectivity index (χ0) is 32.3. The summed E-state index contributed by atoms with van der Waals surface area (Å²) >= 11 is 0. The van der Waals surface area contributed by atoms with Gasteiger partial charge in [-0.1, -0.05) is 6.07 Å². The van der Waals surface area contributed by atoms with Gasteiger partial charge in [-0.2, -0.15) is 26.3 Å². The predicted octanol–water partition coefficient (Wildman–Crippen LogP) is 5.95. The average Bonchev–Trinajstić information content (AvgIpc) is 3.25. The molecule has 1 saturated carbocycles. The number of carboxylic acid groups (broad SMARTS) is 1. The molecule has 16 heteroatoms. The van der Waals surface area contributed by atoms with Crippen LogP contribution in [0.25, 0.3) is 0 Å². The van der Waals surface area contributed by atoms with E-state index in [0.717, 1.165) is 24.9 Å². The second-order valence-electron chi connectivity index (χ2n) is 10.2. The number of methoxy groups -OCH3 is 2. The summed E-state index contributed by atoms with van der Waals surface area (Å²) in [5, 5.41) is 12.0. The van der Waals surface area contributed by atoms with E-state index in [2.05, 4.69) is 15.5 Å². The van der Waals surface area contributed by atoms with Crippen LogP contribution in [0.2, 0.25) is 0 Å². The van der Waals surface area contributed by atoms with Gasteiger partial charge < -0.3 is 30.1 Å². The van der Waals surface area contributed by atoms with Gasteiger partial charge in [0.2, 0.25) is 0 Å². The van der Waals surface area contributed by atoms with Gasteiger partial charge in [-0.15, -0.1) is 0 Å². The fourth-order valence-corrected chi connectivity index (χ4v) is 5.60. The summed E-state index contributed by atoms with van der Waals surface area (Å²) in [7, 11) is 5.17. The zero-order valence-electron chi connectivity index (χ0n) is 23.1. The van der Waals surface area contributed by atoms with Crippen molar-refractivity contribution in [2.45, 2.75) is 55.5 Å². The molecule has 2 fully saturated rings. The number of ether oxygens (including phenoxy) is 2. The number of hydrogen-bond donors (Lipinski definition) is 3. The number of fused-ring (bicyclic) bond motifs is 1. The molecular formula is C27H29F8N3O5. The van der Waals surface area contributed by atoms with Crippen molar-refractivity contribution >= 4 is 17.7 Å². The molecule has 43 heavy (non-hydrogen) atoms. The summed E-state index contributed by atoms with van der Waals surface area (Å²) in [6.45, 7) is 0.860. The van der Waals surface area contributed by atoms with Gasteiger partial charge >= 0.3 is 24.4 Å². The number of nitrogens with one attached hydrogen (secondary N) is 2. The number of aliphatic carboxylic acids is 1. The summed E-state index contributed by atoms with van der Waals surface area (Å²) in [6, 6.07) is 5.23. The van der Waals surface area contributed by atoms with Crippen molar-refractivity contribution in [3.8, 4) is 11.5 Å². The molecule has 1 heterocycles. The number of carboxylic acids is 1. The maximum atomic E-state index is 14.1. The van der Waals surface area contributed by atoms with Crippen molar-refractivity contribution in [1.29, 1.82) is 0 Å². The Morgan fingerprint density at radius 2 is 1.60 bits per heavy atom. The van der Waals surface area contributed by atoms with Crippen LogP contribution in [0.1, 0.15) is 36.8 Å². The number of likely N-dealkylation sites (tertiary alicyclic amines) is 1. The summed E-state index contributed by atoms with van der Waals surface area (Å²) in [5.74, 6) is -4.52. The van der Waals surface area contributed by atoms with Crippen molar-refractivity contribution in [2.75, 3.05) is 33.1 Å². The van der Waals surface area contributed by atoms with Gasteiger partial charge in [0.05, 0.1) is 25.5 Å². The molecule has 3 atom stereocenters. The number of rotatable bonds is 5. The fraction of sp³-hybridized carbons (Fsp3) is 0.481. The van der Waals surface area contributed by atoms with Crippen LogP contribution in [-0.4, -0.2) is 68.1 Å². The average molecular weight is 628 g/mol. The van der Waals surface area contributed by atoms with Gasteiger partial charge in [0, 0.05) is 23.6 Å². The molecule has 0 radical (unpaired) electrons. The lowest BCUT2D eigenvalue weighted by Crippen LogP contribution is -2.52. The van der Waals surface area contributed by atoms with Crippen molar-refractivity contribution in [3.63, 3.8) is 0 Å². The lowest BCUT2D eigenvalue weighted by Gasteiger charge is -2.45. The Hall–Kier alpha value is -3.82. The number of urea groups is 1. The van der Waals surface area contributed by atoms with Crippen LogP contribution in [0.3, 0.4) is 0 Å². The number of likely N-dealkylation sites (N-methyl/N-ethyl adjacent to an activating group) is 1. The molecule has 2 amide bonds. The van der Waals surface area contributed by atoms with Gasteiger partial charge in [0.1, 0.15) is 11.6 Å². The number of amides is 2. The van der Waals surface area contributed by atoms with E-state index in [1.165, 1.54) is 0 Å². The van der Waals surface area contributed by atoms with Crippen LogP contribution in [0.15, 0.2) is 30.3 Å². The molecule has 0 aromatic heterocycles. The molecule has 1 saturated heterocycles. The van der Waals surface area contributed by atoms with Crippen LogP contribution in [-0.2, 0) is 16.4 Å². The SMILES string of the molecule is COc1ccc([C@@]23CC[C@@H](NC(=O)Nc4cc(C(F)(F)F)c(F)cc4F)C[C@@H]2N(C)CC3)cc1OC.O=C(O)C(F)(F)F. The minimum atomic E-state index is -5.08. The number of anilines is 1. The van der Waals surface area contributed by atoms with Gasteiger partial charge in [-0.25, -0.2) is 18.4 Å². The van der Waals surface area contributed by atoms with E-state index in [-0.39, 0.29) is 29.6 Å². The number of benzene rings is 2. The monoisotopic (exact) mass is 627 g/mol. The smallest absolute Gasteiger partial charge is 0.490 e. The van der Waals surface area contributed by atoms with Crippen LogP contribution in [0.5, 0.6) is 11.5 Å². The summed E-state index contributed by atoms with van der Waals surface area (Å²) in [4.78, 5) is 23.7. The van der Waals surface area contributed by atoms with Gasteiger partial charge in [-0.3, -0.25) is 0 Å². The van der Waals surface area contributed by atoms with Gasteiger partial charge in [-0.05, 0) is 63.0 Å².